The lowest BCUT2D eigenvalue weighted by Gasteiger charge is -2.13. The highest BCUT2D eigenvalue weighted by molar-refractivity contribution is 7.09. The molecular weight excluding hydrogens is 240 g/mol. The number of nitrogens with one attached hydrogen (secondary N) is 1. The first-order chi connectivity index (χ1) is 7.66. The molecule has 2 rings (SSSR count). The number of aromatic nitrogens is 1. The fourth-order valence-corrected chi connectivity index (χ4v) is 2.25. The van der Waals surface area contributed by atoms with Crippen LogP contribution >= 0.6 is 22.9 Å². The van der Waals surface area contributed by atoms with E-state index in [2.05, 4.69) is 17.2 Å². The number of anilines is 1. The van der Waals surface area contributed by atoms with Gasteiger partial charge in [0.05, 0.1) is 11.6 Å². The average molecular weight is 253 g/mol. The van der Waals surface area contributed by atoms with Crippen molar-refractivity contribution in [2.75, 3.05) is 5.32 Å². The zero-order valence-electron chi connectivity index (χ0n) is 9.20. The van der Waals surface area contributed by atoms with E-state index in [-0.39, 0.29) is 6.04 Å². The molecule has 0 saturated heterocycles. The summed E-state index contributed by atoms with van der Waals surface area (Å²) >= 11 is 7.72. The molecule has 16 heavy (non-hydrogen) atoms. The van der Waals surface area contributed by atoms with Gasteiger partial charge in [0.15, 0.2) is 0 Å². The molecule has 0 radical (unpaired) electrons. The van der Waals surface area contributed by atoms with Gasteiger partial charge in [-0.15, -0.1) is 11.3 Å². The van der Waals surface area contributed by atoms with Crippen molar-refractivity contribution in [3.8, 4) is 0 Å². The summed E-state index contributed by atoms with van der Waals surface area (Å²) in [6.07, 6.45) is 1.89. The molecule has 1 unspecified atom stereocenters. The second-order valence-electron chi connectivity index (χ2n) is 3.73. The van der Waals surface area contributed by atoms with Crippen LogP contribution in [0.15, 0.2) is 29.9 Å². The predicted octanol–water partition coefficient (Wildman–Crippen LogP) is 4.28. The summed E-state index contributed by atoms with van der Waals surface area (Å²) in [7, 11) is 0. The maximum absolute atomic E-state index is 6.07. The Morgan fingerprint density at radius 3 is 2.88 bits per heavy atom. The second-order valence-corrected chi connectivity index (χ2v) is 5.06. The molecule has 1 aromatic carbocycles. The Morgan fingerprint density at radius 2 is 2.25 bits per heavy atom. The molecule has 1 atom stereocenters. The molecular formula is C12H13ClN2S. The molecule has 0 aliphatic carbocycles. The Balaban J connectivity index is 2.12. The lowest BCUT2D eigenvalue weighted by atomic mass is 10.2. The van der Waals surface area contributed by atoms with E-state index in [4.69, 9.17) is 11.6 Å². The van der Waals surface area contributed by atoms with Crippen molar-refractivity contribution in [1.82, 2.24) is 4.98 Å². The predicted molar refractivity (Wildman–Crippen MR) is 70.3 cm³/mol. The minimum Gasteiger partial charge on any atom is -0.378 e. The van der Waals surface area contributed by atoms with E-state index in [9.17, 15) is 0 Å². The van der Waals surface area contributed by atoms with E-state index in [1.54, 1.807) is 11.3 Å². The van der Waals surface area contributed by atoms with Crippen molar-refractivity contribution in [2.24, 2.45) is 0 Å². The summed E-state index contributed by atoms with van der Waals surface area (Å²) in [5.41, 5.74) is 3.98. The van der Waals surface area contributed by atoms with E-state index >= 15 is 0 Å². The van der Waals surface area contributed by atoms with Crippen LogP contribution in [-0.2, 0) is 0 Å². The van der Waals surface area contributed by atoms with E-state index in [0.717, 1.165) is 16.3 Å². The summed E-state index contributed by atoms with van der Waals surface area (Å²) in [6, 6.07) is 6.27. The fraction of sp³-hybridized carbons (Fsp3) is 0.250. The van der Waals surface area contributed by atoms with Crippen LogP contribution < -0.4 is 5.32 Å². The zero-order valence-corrected chi connectivity index (χ0v) is 10.8. The van der Waals surface area contributed by atoms with E-state index in [1.807, 2.05) is 36.8 Å². The third kappa shape index (κ3) is 2.54. The lowest BCUT2D eigenvalue weighted by molar-refractivity contribution is 0.903. The zero-order chi connectivity index (χ0) is 11.5. The number of halogens is 1. The first kappa shape index (κ1) is 11.4. The van der Waals surface area contributed by atoms with Crippen LogP contribution in [0.25, 0.3) is 0 Å². The Bertz CT molecular complexity index is 468. The Labute approximate surface area is 104 Å². The van der Waals surface area contributed by atoms with Crippen molar-refractivity contribution in [2.45, 2.75) is 19.9 Å². The molecule has 2 nitrogen and oxygen atoms in total. The SMILES string of the molecule is Cc1ccc(NC(C)c2cncs2)cc1Cl. The Morgan fingerprint density at radius 1 is 1.44 bits per heavy atom. The summed E-state index contributed by atoms with van der Waals surface area (Å²) in [5.74, 6) is 0. The monoisotopic (exact) mass is 252 g/mol. The third-order valence-corrected chi connectivity index (χ3v) is 3.80. The van der Waals surface area contributed by atoms with Gasteiger partial charge in [-0.2, -0.15) is 0 Å². The van der Waals surface area contributed by atoms with E-state index in [0.29, 0.717) is 0 Å². The van der Waals surface area contributed by atoms with Crippen molar-refractivity contribution in [3.05, 3.63) is 45.4 Å². The second kappa shape index (κ2) is 4.85. The number of hydrogen-bond donors (Lipinski definition) is 1. The highest BCUT2D eigenvalue weighted by atomic mass is 35.5. The number of rotatable bonds is 3. The van der Waals surface area contributed by atoms with Gasteiger partial charge in [-0.1, -0.05) is 17.7 Å². The molecule has 0 fully saturated rings. The van der Waals surface area contributed by atoms with Crippen LogP contribution in [0.1, 0.15) is 23.4 Å². The lowest BCUT2D eigenvalue weighted by Crippen LogP contribution is -2.04. The van der Waals surface area contributed by atoms with Gasteiger partial charge in [0.25, 0.3) is 0 Å². The first-order valence-electron chi connectivity index (χ1n) is 5.08. The maximum atomic E-state index is 6.07. The molecule has 0 saturated carbocycles. The smallest absolute Gasteiger partial charge is 0.0795 e. The van der Waals surface area contributed by atoms with Gasteiger partial charge in [-0.05, 0) is 31.5 Å². The molecule has 0 bridgehead atoms. The number of nitrogens with zero attached hydrogens (tertiary/aromatic N) is 1. The largest absolute Gasteiger partial charge is 0.378 e. The summed E-state index contributed by atoms with van der Waals surface area (Å²) < 4.78 is 0. The fourth-order valence-electron chi connectivity index (χ4n) is 1.44. The highest BCUT2D eigenvalue weighted by Crippen LogP contribution is 2.25. The highest BCUT2D eigenvalue weighted by Gasteiger charge is 2.07. The summed E-state index contributed by atoms with van der Waals surface area (Å²) in [5, 5.41) is 4.19. The minimum absolute atomic E-state index is 0.256. The number of thiazole rings is 1. The first-order valence-corrected chi connectivity index (χ1v) is 6.33. The molecule has 0 amide bonds. The molecule has 1 N–H and O–H groups in total. The molecule has 0 aliphatic rings. The van der Waals surface area contributed by atoms with Gasteiger partial charge in [-0.3, -0.25) is 4.98 Å². The van der Waals surface area contributed by atoms with Crippen LogP contribution in [0.2, 0.25) is 5.02 Å². The van der Waals surface area contributed by atoms with E-state index in [1.165, 1.54) is 4.88 Å². The number of hydrogen-bond acceptors (Lipinski definition) is 3. The van der Waals surface area contributed by atoms with Gasteiger partial charge in [-0.25, -0.2) is 0 Å². The van der Waals surface area contributed by atoms with Gasteiger partial charge < -0.3 is 5.32 Å². The van der Waals surface area contributed by atoms with E-state index < -0.39 is 0 Å². The molecule has 1 heterocycles. The minimum atomic E-state index is 0.256. The van der Waals surface area contributed by atoms with Crippen molar-refractivity contribution in [3.63, 3.8) is 0 Å². The maximum Gasteiger partial charge on any atom is 0.0795 e. The van der Waals surface area contributed by atoms with Crippen molar-refractivity contribution < 1.29 is 0 Å². The van der Waals surface area contributed by atoms with Crippen LogP contribution in [0.5, 0.6) is 0 Å². The topological polar surface area (TPSA) is 24.9 Å². The average Bonchev–Trinajstić information content (AvgIpc) is 2.77. The van der Waals surface area contributed by atoms with Gasteiger partial charge in [0, 0.05) is 21.8 Å². The number of benzene rings is 1. The third-order valence-electron chi connectivity index (χ3n) is 2.43. The van der Waals surface area contributed by atoms with Crippen LogP contribution in [0.4, 0.5) is 5.69 Å². The van der Waals surface area contributed by atoms with Crippen molar-refractivity contribution >= 4 is 28.6 Å². The molecule has 0 spiro atoms. The van der Waals surface area contributed by atoms with Gasteiger partial charge in [0.2, 0.25) is 0 Å². The summed E-state index contributed by atoms with van der Waals surface area (Å²) in [4.78, 5) is 5.29. The Kier molecular flexibility index (Phi) is 3.46. The molecule has 1 aromatic heterocycles. The van der Waals surface area contributed by atoms with Crippen LogP contribution in [0, 0.1) is 6.92 Å². The quantitative estimate of drug-likeness (QED) is 0.882. The Hall–Kier alpha value is -1.06. The molecule has 2 aromatic rings. The van der Waals surface area contributed by atoms with Crippen LogP contribution in [-0.4, -0.2) is 4.98 Å². The summed E-state index contributed by atoms with van der Waals surface area (Å²) in [6.45, 7) is 4.11. The van der Waals surface area contributed by atoms with Crippen LogP contribution in [0.3, 0.4) is 0 Å². The van der Waals surface area contributed by atoms with Gasteiger partial charge in [0.1, 0.15) is 0 Å². The molecule has 4 heteroatoms. The molecule has 84 valence electrons. The van der Waals surface area contributed by atoms with Crippen molar-refractivity contribution in [1.29, 1.82) is 0 Å². The molecule has 0 aliphatic heterocycles. The normalized spacial score (nSPS) is 12.4. The standard InChI is InChI=1S/C12H13ClN2S/c1-8-3-4-10(5-11(8)13)15-9(2)12-6-14-7-16-12/h3-7,9,15H,1-2H3. The van der Waals surface area contributed by atoms with Gasteiger partial charge >= 0.3 is 0 Å². The number of aryl methyl sites for hydroxylation is 1.